The van der Waals surface area contributed by atoms with Gasteiger partial charge in [0.1, 0.15) is 5.75 Å². The summed E-state index contributed by atoms with van der Waals surface area (Å²) >= 11 is 3.45. The van der Waals surface area contributed by atoms with E-state index in [1.165, 1.54) is 0 Å². The van der Waals surface area contributed by atoms with Crippen molar-refractivity contribution in [2.45, 2.75) is 6.42 Å². The van der Waals surface area contributed by atoms with Gasteiger partial charge < -0.3 is 14.8 Å². The van der Waals surface area contributed by atoms with Crippen LogP contribution in [0.5, 0.6) is 5.75 Å². The summed E-state index contributed by atoms with van der Waals surface area (Å²) < 4.78 is 13.3. The second-order valence-corrected chi connectivity index (χ2v) is 5.07. The molecule has 0 spiro atoms. The summed E-state index contributed by atoms with van der Waals surface area (Å²) in [6, 6.07) is 5.93. The normalized spacial score (nSPS) is 10.6. The van der Waals surface area contributed by atoms with Gasteiger partial charge in [-0.05, 0) is 34.5 Å². The number of nitrogens with one attached hydrogen (secondary N) is 1. The largest absolute Gasteiger partial charge is 0.495 e. The number of benzene rings is 1. The Morgan fingerprint density at radius 2 is 2.20 bits per heavy atom. The molecule has 5 nitrogen and oxygen atoms in total. The predicted octanol–water partition coefficient (Wildman–Crippen LogP) is 3.09. The van der Waals surface area contributed by atoms with Crippen LogP contribution >= 0.6 is 15.9 Å². The van der Waals surface area contributed by atoms with Crippen molar-refractivity contribution < 1.29 is 9.47 Å². The summed E-state index contributed by atoms with van der Waals surface area (Å²) in [6.07, 6.45) is 4.63. The Labute approximate surface area is 127 Å². The molecule has 0 radical (unpaired) electrons. The Kier molecular flexibility index (Phi) is 5.43. The highest BCUT2D eigenvalue weighted by atomic mass is 79.9. The van der Waals surface area contributed by atoms with Gasteiger partial charge in [-0.25, -0.2) is 4.98 Å². The number of imidazole rings is 1. The molecule has 108 valence electrons. The maximum absolute atomic E-state index is 5.32. The highest BCUT2D eigenvalue weighted by Gasteiger charge is 2.07. The maximum Gasteiger partial charge on any atom is 0.207 e. The molecule has 2 aromatic rings. The molecule has 1 N–H and O–H groups in total. The van der Waals surface area contributed by atoms with Crippen molar-refractivity contribution in [2.75, 3.05) is 32.7 Å². The molecular weight excluding hydrogens is 322 g/mol. The quantitative estimate of drug-likeness (QED) is 0.787. The minimum atomic E-state index is 0.736. The van der Waals surface area contributed by atoms with Crippen LogP contribution in [0.15, 0.2) is 35.1 Å². The fourth-order valence-corrected chi connectivity index (χ4v) is 2.27. The van der Waals surface area contributed by atoms with E-state index in [-0.39, 0.29) is 0 Å². The third-order valence-electron chi connectivity index (χ3n) is 2.86. The predicted molar refractivity (Wildman–Crippen MR) is 82.8 cm³/mol. The van der Waals surface area contributed by atoms with Crippen molar-refractivity contribution in [3.8, 4) is 11.4 Å². The Morgan fingerprint density at radius 3 is 2.95 bits per heavy atom. The Bertz CT molecular complexity index is 557. The topological polar surface area (TPSA) is 48.3 Å². The van der Waals surface area contributed by atoms with Gasteiger partial charge in [0.05, 0.1) is 17.3 Å². The second kappa shape index (κ2) is 7.31. The van der Waals surface area contributed by atoms with Gasteiger partial charge in [-0.1, -0.05) is 0 Å². The number of ether oxygens (including phenoxy) is 2. The standard InChI is InChI=1S/C14H18BrN3O2/c1-19-9-3-6-16-14-17-7-8-18(14)11-4-5-12(15)13(10-11)20-2/h4-5,7-8,10H,3,6,9H2,1-2H3,(H,16,17). The van der Waals surface area contributed by atoms with Crippen LogP contribution in [0.3, 0.4) is 0 Å². The minimum Gasteiger partial charge on any atom is -0.495 e. The van der Waals surface area contributed by atoms with E-state index in [2.05, 4.69) is 26.2 Å². The fourth-order valence-electron chi connectivity index (χ4n) is 1.86. The first-order valence-corrected chi connectivity index (χ1v) is 7.15. The lowest BCUT2D eigenvalue weighted by Gasteiger charge is -2.11. The summed E-state index contributed by atoms with van der Waals surface area (Å²) in [5.41, 5.74) is 0.997. The SMILES string of the molecule is COCCCNc1nccn1-c1ccc(Br)c(OC)c1. The van der Waals surface area contributed by atoms with Crippen molar-refractivity contribution in [3.05, 3.63) is 35.1 Å². The first kappa shape index (κ1) is 14.9. The van der Waals surface area contributed by atoms with Crippen LogP contribution < -0.4 is 10.1 Å². The molecule has 20 heavy (non-hydrogen) atoms. The van der Waals surface area contributed by atoms with Crippen LogP contribution in [0.2, 0.25) is 0 Å². The van der Waals surface area contributed by atoms with Gasteiger partial charge >= 0.3 is 0 Å². The van der Waals surface area contributed by atoms with Crippen molar-refractivity contribution in [1.82, 2.24) is 9.55 Å². The van der Waals surface area contributed by atoms with Crippen LogP contribution in [-0.2, 0) is 4.74 Å². The summed E-state index contributed by atoms with van der Waals surface area (Å²) in [6.45, 7) is 1.55. The van der Waals surface area contributed by atoms with Crippen LogP contribution in [0.4, 0.5) is 5.95 Å². The highest BCUT2D eigenvalue weighted by Crippen LogP contribution is 2.28. The molecule has 0 unspecified atom stereocenters. The molecule has 1 aromatic carbocycles. The summed E-state index contributed by atoms with van der Waals surface area (Å²) in [5.74, 6) is 1.60. The van der Waals surface area contributed by atoms with E-state index in [4.69, 9.17) is 9.47 Å². The first-order chi connectivity index (χ1) is 9.76. The van der Waals surface area contributed by atoms with Gasteiger partial charge in [-0.3, -0.25) is 4.57 Å². The van der Waals surface area contributed by atoms with E-state index in [1.807, 2.05) is 29.0 Å². The molecule has 0 aliphatic heterocycles. The second-order valence-electron chi connectivity index (χ2n) is 4.21. The van der Waals surface area contributed by atoms with Gasteiger partial charge in [0.2, 0.25) is 5.95 Å². The molecule has 0 atom stereocenters. The van der Waals surface area contributed by atoms with Crippen LogP contribution in [0.25, 0.3) is 5.69 Å². The molecule has 0 aliphatic carbocycles. The van der Waals surface area contributed by atoms with Crippen molar-refractivity contribution >= 4 is 21.9 Å². The fraction of sp³-hybridized carbons (Fsp3) is 0.357. The van der Waals surface area contributed by atoms with Gasteiger partial charge in [0, 0.05) is 38.7 Å². The van der Waals surface area contributed by atoms with E-state index in [0.29, 0.717) is 0 Å². The van der Waals surface area contributed by atoms with Crippen LogP contribution in [-0.4, -0.2) is 36.9 Å². The molecule has 0 aliphatic rings. The van der Waals surface area contributed by atoms with Gasteiger partial charge in [-0.2, -0.15) is 0 Å². The third kappa shape index (κ3) is 3.52. The van der Waals surface area contributed by atoms with Gasteiger partial charge in [0.15, 0.2) is 0 Å². The van der Waals surface area contributed by atoms with E-state index >= 15 is 0 Å². The van der Waals surface area contributed by atoms with Gasteiger partial charge in [0.25, 0.3) is 0 Å². The third-order valence-corrected chi connectivity index (χ3v) is 3.52. The lowest BCUT2D eigenvalue weighted by molar-refractivity contribution is 0.197. The Hall–Kier alpha value is -1.53. The molecule has 1 aromatic heterocycles. The number of methoxy groups -OCH3 is 2. The first-order valence-electron chi connectivity index (χ1n) is 6.36. The van der Waals surface area contributed by atoms with Crippen molar-refractivity contribution in [2.24, 2.45) is 0 Å². The van der Waals surface area contributed by atoms with Crippen LogP contribution in [0.1, 0.15) is 6.42 Å². The summed E-state index contributed by atoms with van der Waals surface area (Å²) in [5, 5.41) is 3.30. The smallest absolute Gasteiger partial charge is 0.207 e. The molecule has 0 amide bonds. The van der Waals surface area contributed by atoms with E-state index in [9.17, 15) is 0 Å². The molecule has 0 saturated heterocycles. The Morgan fingerprint density at radius 1 is 1.35 bits per heavy atom. The molecule has 0 fully saturated rings. The van der Waals surface area contributed by atoms with E-state index in [0.717, 1.165) is 41.4 Å². The molecule has 2 rings (SSSR count). The number of aromatic nitrogens is 2. The number of nitrogens with zero attached hydrogens (tertiary/aromatic N) is 2. The molecule has 6 heteroatoms. The summed E-state index contributed by atoms with van der Waals surface area (Å²) in [7, 11) is 3.36. The number of anilines is 1. The van der Waals surface area contributed by atoms with Crippen molar-refractivity contribution in [3.63, 3.8) is 0 Å². The number of rotatable bonds is 7. The van der Waals surface area contributed by atoms with Crippen LogP contribution in [0, 0.1) is 0 Å². The zero-order valence-corrected chi connectivity index (χ0v) is 13.2. The highest BCUT2D eigenvalue weighted by molar-refractivity contribution is 9.10. The zero-order valence-electron chi connectivity index (χ0n) is 11.6. The Balaban J connectivity index is 2.14. The molecule has 0 bridgehead atoms. The number of hydrogen-bond acceptors (Lipinski definition) is 4. The monoisotopic (exact) mass is 339 g/mol. The van der Waals surface area contributed by atoms with Crippen molar-refractivity contribution in [1.29, 1.82) is 0 Å². The van der Waals surface area contributed by atoms with E-state index in [1.54, 1.807) is 20.4 Å². The van der Waals surface area contributed by atoms with E-state index < -0.39 is 0 Å². The molecule has 1 heterocycles. The molecular formula is C14H18BrN3O2. The zero-order chi connectivity index (χ0) is 14.4. The number of hydrogen-bond donors (Lipinski definition) is 1. The maximum atomic E-state index is 5.32. The lowest BCUT2D eigenvalue weighted by Crippen LogP contribution is -2.09. The summed E-state index contributed by atoms with van der Waals surface area (Å²) in [4.78, 5) is 4.33. The molecule has 0 saturated carbocycles. The van der Waals surface area contributed by atoms with Gasteiger partial charge in [-0.15, -0.1) is 0 Å². The average Bonchev–Trinajstić information content (AvgIpc) is 2.92. The average molecular weight is 340 g/mol. The minimum absolute atomic E-state index is 0.736. The lowest BCUT2D eigenvalue weighted by atomic mass is 10.3. The number of halogens is 1.